The molecule has 2 aromatic heterocycles. The van der Waals surface area contributed by atoms with Crippen LogP contribution in [0.1, 0.15) is 93.6 Å². The predicted octanol–water partition coefficient (Wildman–Crippen LogP) is 7.57. The number of H-pyrrole nitrogens is 2. The van der Waals surface area contributed by atoms with Gasteiger partial charge in [-0.3, -0.25) is 14.5 Å². The number of methoxy groups -OCH3 is 1. The number of amides is 3. The van der Waals surface area contributed by atoms with Crippen LogP contribution in [0.4, 0.5) is 4.79 Å². The van der Waals surface area contributed by atoms with E-state index in [4.69, 9.17) is 4.98 Å². The first-order chi connectivity index (χ1) is 27.9. The van der Waals surface area contributed by atoms with Gasteiger partial charge in [0.25, 0.3) is 0 Å². The first-order valence-corrected chi connectivity index (χ1v) is 20.4. The van der Waals surface area contributed by atoms with Gasteiger partial charge in [-0.15, -0.1) is 0 Å². The zero-order valence-corrected chi connectivity index (χ0v) is 32.6. The minimum Gasteiger partial charge on any atom is -0.453 e. The number of imidazole rings is 2. The average Bonchev–Trinajstić information content (AvgIpc) is 4.12. The summed E-state index contributed by atoms with van der Waals surface area (Å²) in [6.45, 7) is 3.02. The standard InChI is InChI=1S/C45H50N8O4/c1-28(48-45(56)57-2)43(54)51-24-6-10-38(51)41-46-26-36(49-41)31-16-12-29(13-17-31)30-14-18-32(19-15-30)37-27-47-42(50-37)39-11-7-25-52(39)44(55)40(33-8-4-3-5-9-33)53-34-20-21-35(53)23-22-34/h3-5,8-9,12-19,26-28,34-35,38-40H,6-7,10-11,20-25H2,1-2H3,(H,46,49)(H,47,50)(H,48,56)/t28-,34?,35?,38-,39-,40?/m0/s1. The van der Waals surface area contributed by atoms with Gasteiger partial charge in [0, 0.05) is 25.2 Å². The van der Waals surface area contributed by atoms with Gasteiger partial charge in [-0.1, -0.05) is 78.9 Å². The summed E-state index contributed by atoms with van der Waals surface area (Å²) in [6.07, 6.45) is 11.4. The maximum Gasteiger partial charge on any atom is 0.407 e. The van der Waals surface area contributed by atoms with Gasteiger partial charge in [-0.05, 0) is 86.1 Å². The molecule has 4 saturated heterocycles. The Kier molecular flexibility index (Phi) is 10.1. The Hall–Kier alpha value is -5.75. The van der Waals surface area contributed by atoms with E-state index in [-0.39, 0.29) is 29.9 Å². The highest BCUT2D eigenvalue weighted by Gasteiger charge is 2.48. The molecule has 3 amide bonds. The van der Waals surface area contributed by atoms with Crippen molar-refractivity contribution in [1.29, 1.82) is 0 Å². The molecule has 12 nitrogen and oxygen atoms in total. The third-order valence-electron chi connectivity index (χ3n) is 12.7. The van der Waals surface area contributed by atoms with Crippen molar-refractivity contribution < 1.29 is 19.1 Å². The summed E-state index contributed by atoms with van der Waals surface area (Å²) in [4.78, 5) is 62.3. The number of aromatic nitrogens is 4. The van der Waals surface area contributed by atoms with Crippen LogP contribution in [-0.4, -0.2) is 90.9 Å². The molecule has 5 aromatic rings. The smallest absolute Gasteiger partial charge is 0.407 e. The monoisotopic (exact) mass is 766 g/mol. The fourth-order valence-electron chi connectivity index (χ4n) is 9.77. The third kappa shape index (κ3) is 7.11. The molecule has 4 atom stereocenters. The minimum absolute atomic E-state index is 0.0694. The highest BCUT2D eigenvalue weighted by Crippen LogP contribution is 2.45. The van der Waals surface area contributed by atoms with Gasteiger partial charge >= 0.3 is 6.09 Å². The molecule has 4 aliphatic rings. The van der Waals surface area contributed by atoms with Gasteiger partial charge in [0.15, 0.2) is 0 Å². The van der Waals surface area contributed by atoms with Gasteiger partial charge in [0.2, 0.25) is 11.8 Å². The van der Waals surface area contributed by atoms with Crippen LogP contribution in [0.15, 0.2) is 91.3 Å². The SMILES string of the molecule is COC(=O)N[C@@H](C)C(=O)N1CCC[C@H]1c1ncc(-c2ccc(-c3ccc(-c4cnc([C@@H]5CCCN5C(=O)C(c5ccccc5)N5C6CCC5CC6)[nH]4)cc3)cc2)[nH]1. The lowest BCUT2D eigenvalue weighted by Crippen LogP contribution is -2.46. The molecule has 9 rings (SSSR count). The number of aromatic amines is 2. The number of ether oxygens (including phenoxy) is 1. The Labute approximate surface area is 333 Å². The van der Waals surface area contributed by atoms with Crippen molar-refractivity contribution in [2.45, 2.75) is 94.5 Å². The summed E-state index contributed by atoms with van der Waals surface area (Å²) in [6, 6.07) is 27.0. The number of alkyl carbamates (subject to hydrolysis) is 1. The van der Waals surface area contributed by atoms with Crippen LogP contribution >= 0.6 is 0 Å². The second-order valence-corrected chi connectivity index (χ2v) is 16.0. The van der Waals surface area contributed by atoms with E-state index >= 15 is 0 Å². The number of carbonyl (C=O) groups excluding carboxylic acids is 3. The number of carbonyl (C=O) groups is 3. The summed E-state index contributed by atoms with van der Waals surface area (Å²) in [5, 5.41) is 2.57. The van der Waals surface area contributed by atoms with Crippen molar-refractivity contribution >= 4 is 17.9 Å². The Balaban J connectivity index is 0.862. The Morgan fingerprint density at radius 2 is 1.14 bits per heavy atom. The van der Waals surface area contributed by atoms with E-state index in [2.05, 4.69) is 108 Å². The van der Waals surface area contributed by atoms with Crippen LogP contribution in [0.2, 0.25) is 0 Å². The number of nitrogens with zero attached hydrogens (tertiary/aromatic N) is 5. The molecule has 1 unspecified atom stereocenters. The van der Waals surface area contributed by atoms with E-state index in [1.54, 1.807) is 11.8 Å². The predicted molar refractivity (Wildman–Crippen MR) is 216 cm³/mol. The van der Waals surface area contributed by atoms with E-state index in [0.717, 1.165) is 83.1 Å². The van der Waals surface area contributed by atoms with Crippen LogP contribution in [0.25, 0.3) is 33.6 Å². The minimum atomic E-state index is -0.695. The molecule has 0 spiro atoms. The molecule has 3 aromatic carbocycles. The topological polar surface area (TPSA) is 140 Å². The second-order valence-electron chi connectivity index (χ2n) is 16.0. The molecule has 12 heteroatoms. The Bertz CT molecular complexity index is 2200. The van der Waals surface area contributed by atoms with Crippen molar-refractivity contribution in [2.24, 2.45) is 0 Å². The molecule has 0 radical (unpaired) electrons. The van der Waals surface area contributed by atoms with E-state index in [1.165, 1.54) is 32.8 Å². The summed E-state index contributed by atoms with van der Waals surface area (Å²) < 4.78 is 4.66. The normalized spacial score (nSPS) is 22.8. The van der Waals surface area contributed by atoms with Crippen LogP contribution in [-0.2, 0) is 14.3 Å². The summed E-state index contributed by atoms with van der Waals surface area (Å²) >= 11 is 0. The zero-order chi connectivity index (χ0) is 39.0. The molecule has 4 fully saturated rings. The molecular weight excluding hydrogens is 717 g/mol. The van der Waals surface area contributed by atoms with Crippen LogP contribution in [0.5, 0.6) is 0 Å². The summed E-state index contributed by atoms with van der Waals surface area (Å²) in [7, 11) is 1.28. The number of hydrogen-bond donors (Lipinski definition) is 3. The third-order valence-corrected chi connectivity index (χ3v) is 12.7. The molecule has 0 aliphatic carbocycles. The van der Waals surface area contributed by atoms with Crippen molar-refractivity contribution in [1.82, 2.24) is 40.0 Å². The fraction of sp³-hybridized carbons (Fsp3) is 0.400. The Morgan fingerprint density at radius 1 is 0.667 bits per heavy atom. The largest absolute Gasteiger partial charge is 0.453 e. The van der Waals surface area contributed by atoms with Crippen LogP contribution < -0.4 is 5.32 Å². The molecule has 4 aliphatic heterocycles. The second kappa shape index (κ2) is 15.7. The van der Waals surface area contributed by atoms with Gasteiger partial charge in [-0.2, -0.15) is 0 Å². The van der Waals surface area contributed by atoms with Gasteiger partial charge < -0.3 is 29.8 Å². The quantitative estimate of drug-likeness (QED) is 0.133. The van der Waals surface area contributed by atoms with Gasteiger partial charge in [0.05, 0.1) is 43.0 Å². The molecule has 294 valence electrons. The van der Waals surface area contributed by atoms with E-state index in [9.17, 15) is 14.4 Å². The lowest BCUT2D eigenvalue weighted by molar-refractivity contribution is -0.139. The summed E-state index contributed by atoms with van der Waals surface area (Å²) in [5.41, 5.74) is 7.15. The molecule has 6 heterocycles. The van der Waals surface area contributed by atoms with Crippen LogP contribution in [0.3, 0.4) is 0 Å². The molecule has 57 heavy (non-hydrogen) atoms. The average molecular weight is 767 g/mol. The van der Waals surface area contributed by atoms with Crippen molar-refractivity contribution in [3.05, 3.63) is 108 Å². The van der Waals surface area contributed by atoms with E-state index < -0.39 is 12.1 Å². The lowest BCUT2D eigenvalue weighted by Gasteiger charge is -2.35. The number of rotatable bonds is 10. The molecule has 3 N–H and O–H groups in total. The number of hydrogen-bond acceptors (Lipinski definition) is 7. The molecular formula is C45H50N8O4. The highest BCUT2D eigenvalue weighted by molar-refractivity contribution is 5.86. The van der Waals surface area contributed by atoms with Crippen LogP contribution in [0, 0.1) is 0 Å². The highest BCUT2D eigenvalue weighted by atomic mass is 16.5. The first-order valence-electron chi connectivity index (χ1n) is 20.4. The Morgan fingerprint density at radius 3 is 1.63 bits per heavy atom. The summed E-state index contributed by atoms with van der Waals surface area (Å²) in [5.74, 6) is 1.64. The number of benzene rings is 3. The number of fused-ring (bicyclic) bond motifs is 2. The van der Waals surface area contributed by atoms with Gasteiger partial charge in [0.1, 0.15) is 23.7 Å². The van der Waals surface area contributed by atoms with E-state index in [0.29, 0.717) is 18.6 Å². The van der Waals surface area contributed by atoms with E-state index in [1.807, 2.05) is 18.5 Å². The lowest BCUT2D eigenvalue weighted by atomic mass is 10.0. The van der Waals surface area contributed by atoms with Crippen molar-refractivity contribution in [3.8, 4) is 33.6 Å². The zero-order valence-electron chi connectivity index (χ0n) is 32.6. The number of nitrogens with one attached hydrogen (secondary N) is 3. The molecule has 0 saturated carbocycles. The maximum atomic E-state index is 14.5. The van der Waals surface area contributed by atoms with Gasteiger partial charge in [-0.25, -0.2) is 14.8 Å². The fourth-order valence-corrected chi connectivity index (χ4v) is 9.77. The first kappa shape index (κ1) is 36.9. The molecule has 2 bridgehead atoms. The number of likely N-dealkylation sites (tertiary alicyclic amines) is 2. The maximum absolute atomic E-state index is 14.5. The van der Waals surface area contributed by atoms with Crippen molar-refractivity contribution in [3.63, 3.8) is 0 Å². The van der Waals surface area contributed by atoms with Crippen molar-refractivity contribution in [2.75, 3.05) is 20.2 Å².